The number of nitrogens with two attached hydrogens (primary N) is 1. The van der Waals surface area contributed by atoms with Gasteiger partial charge in [-0.2, -0.15) is 0 Å². The summed E-state index contributed by atoms with van der Waals surface area (Å²) in [7, 11) is -3.38. The maximum absolute atomic E-state index is 12.9. The molecule has 2 aromatic rings. The zero-order chi connectivity index (χ0) is 17.2. The van der Waals surface area contributed by atoms with Gasteiger partial charge in [0.1, 0.15) is 0 Å². The van der Waals surface area contributed by atoms with E-state index in [0.717, 1.165) is 10.8 Å². The molecule has 0 bridgehead atoms. The fourth-order valence-electron chi connectivity index (χ4n) is 3.23. The first-order chi connectivity index (χ1) is 11.5. The van der Waals surface area contributed by atoms with Crippen LogP contribution < -0.4 is 5.73 Å². The minimum atomic E-state index is -3.38. The number of carbonyl (C=O) groups is 1. The Morgan fingerprint density at radius 2 is 1.75 bits per heavy atom. The summed E-state index contributed by atoms with van der Waals surface area (Å²) >= 11 is 0. The van der Waals surface area contributed by atoms with E-state index < -0.39 is 15.1 Å². The van der Waals surface area contributed by atoms with Gasteiger partial charge >= 0.3 is 0 Å². The molecule has 0 atom stereocenters. The van der Waals surface area contributed by atoms with Crippen LogP contribution >= 0.6 is 0 Å². The monoisotopic (exact) mass is 346 g/mol. The van der Waals surface area contributed by atoms with Crippen LogP contribution in [0.25, 0.3) is 10.8 Å². The molecule has 0 saturated carbocycles. The summed E-state index contributed by atoms with van der Waals surface area (Å²) in [6.07, 6.45) is 1.28. The smallest absolute Gasteiger partial charge is 0.223 e. The van der Waals surface area contributed by atoms with Crippen LogP contribution in [-0.2, 0) is 14.6 Å². The molecule has 1 fully saturated rings. The van der Waals surface area contributed by atoms with Crippen molar-refractivity contribution in [2.24, 2.45) is 5.73 Å². The van der Waals surface area contributed by atoms with Crippen LogP contribution in [0, 0.1) is 0 Å². The number of nitrogens with zero attached hydrogens (tertiary/aromatic N) is 1. The summed E-state index contributed by atoms with van der Waals surface area (Å²) in [5.74, 6) is 0.0130. The summed E-state index contributed by atoms with van der Waals surface area (Å²) in [6, 6.07) is 13.0. The number of sulfone groups is 1. The molecule has 24 heavy (non-hydrogen) atoms. The van der Waals surface area contributed by atoms with Gasteiger partial charge in [-0.3, -0.25) is 4.79 Å². The summed E-state index contributed by atoms with van der Waals surface area (Å²) in [5.41, 5.74) is 5.41. The third-order valence-corrected chi connectivity index (χ3v) is 6.90. The lowest BCUT2D eigenvalue weighted by Crippen LogP contribution is -2.43. The molecule has 128 valence electrons. The van der Waals surface area contributed by atoms with Crippen molar-refractivity contribution in [1.82, 2.24) is 4.90 Å². The van der Waals surface area contributed by atoms with Gasteiger partial charge in [0.15, 0.2) is 9.84 Å². The molecule has 0 radical (unpaired) electrons. The summed E-state index contributed by atoms with van der Waals surface area (Å²) in [5, 5.41) is 1.52. The van der Waals surface area contributed by atoms with Crippen LogP contribution in [-0.4, -0.2) is 44.1 Å². The molecule has 1 saturated heterocycles. The van der Waals surface area contributed by atoms with E-state index in [1.807, 2.05) is 30.3 Å². The predicted molar refractivity (Wildman–Crippen MR) is 94.4 cm³/mol. The molecule has 0 spiro atoms. The fourth-order valence-corrected chi connectivity index (χ4v) is 5.00. The number of piperidine rings is 1. The van der Waals surface area contributed by atoms with Crippen LogP contribution in [0.4, 0.5) is 0 Å². The standard InChI is InChI=1S/C18H22N2O3S/c19-10-7-18(21)20-11-8-16(9-12-20)24(22,23)17-6-5-14-3-1-2-4-15(14)13-17/h1-6,13,16H,7-12,19H2. The molecular weight excluding hydrogens is 324 g/mol. The van der Waals surface area contributed by atoms with Gasteiger partial charge in [0.2, 0.25) is 5.91 Å². The molecule has 0 aliphatic carbocycles. The van der Waals surface area contributed by atoms with E-state index in [0.29, 0.717) is 43.8 Å². The Hall–Kier alpha value is -1.92. The van der Waals surface area contributed by atoms with Gasteiger partial charge in [-0.25, -0.2) is 8.42 Å². The Morgan fingerprint density at radius 1 is 1.08 bits per heavy atom. The molecule has 5 nitrogen and oxygen atoms in total. The van der Waals surface area contributed by atoms with Crippen LogP contribution in [0.2, 0.25) is 0 Å². The van der Waals surface area contributed by atoms with E-state index in [2.05, 4.69) is 0 Å². The van der Waals surface area contributed by atoms with E-state index in [1.165, 1.54) is 0 Å². The van der Waals surface area contributed by atoms with Crippen molar-refractivity contribution in [1.29, 1.82) is 0 Å². The Balaban J connectivity index is 1.77. The third kappa shape index (κ3) is 3.30. The zero-order valence-electron chi connectivity index (χ0n) is 13.5. The molecule has 1 amide bonds. The highest BCUT2D eigenvalue weighted by molar-refractivity contribution is 7.92. The number of fused-ring (bicyclic) bond motifs is 1. The zero-order valence-corrected chi connectivity index (χ0v) is 14.3. The van der Waals surface area contributed by atoms with Crippen LogP contribution in [0.1, 0.15) is 19.3 Å². The molecule has 1 aliphatic heterocycles. The van der Waals surface area contributed by atoms with Crippen LogP contribution in [0.3, 0.4) is 0 Å². The lowest BCUT2D eigenvalue weighted by atomic mass is 10.1. The third-order valence-electron chi connectivity index (χ3n) is 4.64. The Bertz CT molecular complexity index is 840. The average molecular weight is 346 g/mol. The molecular formula is C18H22N2O3S. The first-order valence-corrected chi connectivity index (χ1v) is 9.77. The molecule has 6 heteroatoms. The molecule has 0 aromatic heterocycles. The number of benzene rings is 2. The molecule has 2 aromatic carbocycles. The highest BCUT2D eigenvalue weighted by atomic mass is 32.2. The van der Waals surface area contributed by atoms with Gasteiger partial charge in [-0.15, -0.1) is 0 Å². The molecule has 1 aliphatic rings. The summed E-state index contributed by atoms with van der Waals surface area (Å²) < 4.78 is 25.8. The minimum Gasteiger partial charge on any atom is -0.343 e. The highest BCUT2D eigenvalue weighted by Gasteiger charge is 2.32. The number of hydrogen-bond acceptors (Lipinski definition) is 4. The van der Waals surface area contributed by atoms with E-state index in [4.69, 9.17) is 5.73 Å². The topological polar surface area (TPSA) is 80.5 Å². The van der Waals surface area contributed by atoms with Gasteiger partial charge in [-0.05, 0) is 35.7 Å². The van der Waals surface area contributed by atoms with Gasteiger partial charge < -0.3 is 10.6 Å². The normalized spacial score (nSPS) is 16.5. The van der Waals surface area contributed by atoms with E-state index in [1.54, 1.807) is 17.0 Å². The first-order valence-electron chi connectivity index (χ1n) is 8.23. The van der Waals surface area contributed by atoms with Crippen molar-refractivity contribution in [2.45, 2.75) is 29.4 Å². The number of rotatable bonds is 4. The van der Waals surface area contributed by atoms with Crippen molar-refractivity contribution in [3.05, 3.63) is 42.5 Å². The molecule has 0 unspecified atom stereocenters. The summed E-state index contributed by atoms with van der Waals surface area (Å²) in [6.45, 7) is 1.29. The number of hydrogen-bond donors (Lipinski definition) is 1. The summed E-state index contributed by atoms with van der Waals surface area (Å²) in [4.78, 5) is 14.0. The Morgan fingerprint density at radius 3 is 2.42 bits per heavy atom. The maximum Gasteiger partial charge on any atom is 0.223 e. The second-order valence-electron chi connectivity index (χ2n) is 6.17. The van der Waals surface area contributed by atoms with Crippen molar-refractivity contribution in [3.8, 4) is 0 Å². The highest BCUT2D eigenvalue weighted by Crippen LogP contribution is 2.27. The largest absolute Gasteiger partial charge is 0.343 e. The van der Waals surface area contributed by atoms with Crippen molar-refractivity contribution in [2.75, 3.05) is 19.6 Å². The lowest BCUT2D eigenvalue weighted by molar-refractivity contribution is -0.131. The maximum atomic E-state index is 12.9. The molecule has 2 N–H and O–H groups in total. The fraction of sp³-hybridized carbons (Fsp3) is 0.389. The van der Waals surface area contributed by atoms with Gasteiger partial charge in [0.25, 0.3) is 0 Å². The van der Waals surface area contributed by atoms with Crippen molar-refractivity contribution < 1.29 is 13.2 Å². The van der Waals surface area contributed by atoms with E-state index in [-0.39, 0.29) is 5.91 Å². The minimum absolute atomic E-state index is 0.0130. The number of likely N-dealkylation sites (tertiary alicyclic amines) is 1. The van der Waals surface area contributed by atoms with E-state index >= 15 is 0 Å². The molecule has 3 rings (SSSR count). The van der Waals surface area contributed by atoms with E-state index in [9.17, 15) is 13.2 Å². The van der Waals surface area contributed by atoms with Gasteiger partial charge in [-0.1, -0.05) is 30.3 Å². The Labute approximate surface area is 142 Å². The second kappa shape index (κ2) is 6.91. The van der Waals surface area contributed by atoms with Crippen molar-refractivity contribution in [3.63, 3.8) is 0 Å². The van der Waals surface area contributed by atoms with Gasteiger partial charge in [0.05, 0.1) is 10.1 Å². The Kier molecular flexibility index (Phi) is 4.87. The lowest BCUT2D eigenvalue weighted by Gasteiger charge is -2.31. The quantitative estimate of drug-likeness (QED) is 0.917. The van der Waals surface area contributed by atoms with Crippen molar-refractivity contribution >= 4 is 26.5 Å². The number of amides is 1. The number of carbonyl (C=O) groups excluding carboxylic acids is 1. The van der Waals surface area contributed by atoms with Gasteiger partial charge in [0, 0.05) is 26.1 Å². The SMILES string of the molecule is NCCC(=O)N1CCC(S(=O)(=O)c2ccc3ccccc3c2)CC1. The molecule has 1 heterocycles. The first kappa shape index (κ1) is 16.9. The van der Waals surface area contributed by atoms with Crippen LogP contribution in [0.5, 0.6) is 0 Å². The second-order valence-corrected chi connectivity index (χ2v) is 8.40. The van der Waals surface area contributed by atoms with Crippen LogP contribution in [0.15, 0.2) is 47.4 Å². The average Bonchev–Trinajstić information content (AvgIpc) is 2.61. The predicted octanol–water partition coefficient (Wildman–Crippen LogP) is 1.95.